The van der Waals surface area contributed by atoms with Crippen LogP contribution in [-0.2, 0) is 0 Å². The number of nitrogens with one attached hydrogen (secondary N) is 1. The first-order valence-electron chi connectivity index (χ1n) is 6.78. The number of benzene rings is 1. The highest BCUT2D eigenvalue weighted by Gasteiger charge is 2.48. The van der Waals surface area contributed by atoms with Crippen molar-refractivity contribution in [3.8, 4) is 11.5 Å². The van der Waals surface area contributed by atoms with E-state index < -0.39 is 5.54 Å². The predicted molar refractivity (Wildman–Crippen MR) is 76.3 cm³/mol. The van der Waals surface area contributed by atoms with Crippen LogP contribution in [0.2, 0.25) is 0 Å². The molecule has 0 spiro atoms. The van der Waals surface area contributed by atoms with Crippen molar-refractivity contribution >= 4 is 5.71 Å². The summed E-state index contributed by atoms with van der Waals surface area (Å²) in [6.07, 6.45) is 0.541. The molecule has 1 aromatic rings. The Morgan fingerprint density at radius 2 is 2.00 bits per heavy atom. The predicted octanol–water partition coefficient (Wildman–Crippen LogP) is 1.12. The first kappa shape index (κ1) is 14.8. The molecule has 5 heteroatoms. The zero-order valence-corrected chi connectivity index (χ0v) is 12.7. The van der Waals surface area contributed by atoms with Crippen molar-refractivity contribution in [3.05, 3.63) is 23.8 Å². The summed E-state index contributed by atoms with van der Waals surface area (Å²) in [6.45, 7) is 6.06. The van der Waals surface area contributed by atoms with Gasteiger partial charge in [-0.1, -0.05) is 6.92 Å². The van der Waals surface area contributed by atoms with Crippen molar-refractivity contribution in [1.29, 1.82) is 0 Å². The molecule has 2 N–H and O–H groups in total. The van der Waals surface area contributed by atoms with Gasteiger partial charge in [0.15, 0.2) is 5.71 Å². The molecule has 0 radical (unpaired) electrons. The third-order valence-corrected chi connectivity index (χ3v) is 3.96. The van der Waals surface area contributed by atoms with Crippen LogP contribution in [0.25, 0.3) is 0 Å². The summed E-state index contributed by atoms with van der Waals surface area (Å²) >= 11 is 0. The van der Waals surface area contributed by atoms with Crippen molar-refractivity contribution in [2.75, 3.05) is 14.2 Å². The van der Waals surface area contributed by atoms with E-state index in [4.69, 9.17) is 9.47 Å². The van der Waals surface area contributed by atoms with Crippen LogP contribution in [0.1, 0.15) is 38.9 Å². The molecule has 1 aromatic carbocycles. The molecule has 0 aliphatic carbocycles. The largest absolute Gasteiger partial charge is 0.497 e. The van der Waals surface area contributed by atoms with E-state index in [1.165, 1.54) is 5.06 Å². The molecule has 1 unspecified atom stereocenters. The quantitative estimate of drug-likeness (QED) is 0.867. The third-order valence-electron chi connectivity index (χ3n) is 3.96. The van der Waals surface area contributed by atoms with Gasteiger partial charge < -0.3 is 14.7 Å². The molecule has 0 saturated heterocycles. The van der Waals surface area contributed by atoms with Crippen molar-refractivity contribution in [2.45, 2.75) is 38.9 Å². The van der Waals surface area contributed by atoms with Gasteiger partial charge in [-0.05, 0) is 26.0 Å². The second-order valence-corrected chi connectivity index (χ2v) is 5.39. The average molecular weight is 279 g/mol. The molecule has 110 valence electrons. The van der Waals surface area contributed by atoms with E-state index in [0.717, 1.165) is 23.4 Å². The summed E-state index contributed by atoms with van der Waals surface area (Å²) in [5.41, 5.74) is 1.57. The summed E-state index contributed by atoms with van der Waals surface area (Å²) in [7, 11) is 3.23. The lowest BCUT2D eigenvalue weighted by Crippen LogP contribution is -2.72. The van der Waals surface area contributed by atoms with E-state index in [-0.39, 0.29) is 6.17 Å². The maximum Gasteiger partial charge on any atom is 0.259 e. The zero-order chi connectivity index (χ0) is 14.9. The molecule has 0 fully saturated rings. The molecule has 1 aliphatic heterocycles. The summed E-state index contributed by atoms with van der Waals surface area (Å²) in [5, 5.41) is 11.8. The van der Waals surface area contributed by atoms with E-state index in [1.807, 2.05) is 32.0 Å². The maximum absolute atomic E-state index is 10.5. The van der Waals surface area contributed by atoms with Gasteiger partial charge >= 0.3 is 0 Å². The zero-order valence-electron chi connectivity index (χ0n) is 12.7. The highest BCUT2D eigenvalue weighted by molar-refractivity contribution is 5.88. The van der Waals surface area contributed by atoms with Crippen molar-refractivity contribution in [3.63, 3.8) is 0 Å². The van der Waals surface area contributed by atoms with Gasteiger partial charge in [-0.3, -0.25) is 0 Å². The lowest BCUT2D eigenvalue weighted by molar-refractivity contribution is -0.549. The second-order valence-electron chi connectivity index (χ2n) is 5.39. The Morgan fingerprint density at radius 3 is 2.50 bits per heavy atom. The number of hydrogen-bond acceptors (Lipinski definition) is 4. The summed E-state index contributed by atoms with van der Waals surface area (Å²) < 4.78 is 10.6. The molecule has 1 heterocycles. The lowest BCUT2D eigenvalue weighted by Gasteiger charge is -2.25. The van der Waals surface area contributed by atoms with E-state index in [1.54, 1.807) is 14.2 Å². The van der Waals surface area contributed by atoms with Crippen LogP contribution in [0.3, 0.4) is 0 Å². The first-order valence-corrected chi connectivity index (χ1v) is 6.78. The fraction of sp³-hybridized carbons (Fsp3) is 0.533. The first-order chi connectivity index (χ1) is 9.45. The van der Waals surface area contributed by atoms with Crippen LogP contribution in [0.5, 0.6) is 11.5 Å². The molecule has 1 aliphatic rings. The standard InChI is InChI=1S/C15H22N2O3/c1-6-13-15(2,3)17(18)14(16-13)11-8-7-10(19-4)9-12(11)20-5/h7-9,14,18H,6H2,1-5H3/p+1. The minimum atomic E-state index is -0.412. The Labute approximate surface area is 119 Å². The summed E-state index contributed by atoms with van der Waals surface area (Å²) in [5.74, 6) is 1.42. The SMILES string of the molecule is CCC1=[NH+]C(c2ccc(OC)cc2OC)N(O)C1(C)C. The molecule has 0 amide bonds. The van der Waals surface area contributed by atoms with Crippen LogP contribution in [-0.4, -0.2) is 35.7 Å². The van der Waals surface area contributed by atoms with Crippen molar-refractivity contribution < 1.29 is 19.7 Å². The molecule has 0 bridgehead atoms. The van der Waals surface area contributed by atoms with E-state index >= 15 is 0 Å². The number of ether oxygens (including phenoxy) is 2. The summed E-state index contributed by atoms with van der Waals surface area (Å²) in [6, 6.07) is 5.60. The number of rotatable bonds is 4. The summed E-state index contributed by atoms with van der Waals surface area (Å²) in [4.78, 5) is 3.38. The van der Waals surface area contributed by atoms with E-state index in [9.17, 15) is 5.21 Å². The number of hydrogen-bond donors (Lipinski definition) is 2. The van der Waals surface area contributed by atoms with Crippen LogP contribution in [0.4, 0.5) is 0 Å². The second kappa shape index (κ2) is 5.42. The Morgan fingerprint density at radius 1 is 1.30 bits per heavy atom. The van der Waals surface area contributed by atoms with Crippen LogP contribution < -0.4 is 14.5 Å². The molecule has 0 aromatic heterocycles. The molecule has 2 rings (SSSR count). The lowest BCUT2D eigenvalue weighted by atomic mass is 9.97. The molecule has 20 heavy (non-hydrogen) atoms. The maximum atomic E-state index is 10.5. The van der Waals surface area contributed by atoms with Crippen molar-refractivity contribution in [2.24, 2.45) is 0 Å². The highest BCUT2D eigenvalue weighted by atomic mass is 16.5. The minimum absolute atomic E-state index is 0.319. The van der Waals surface area contributed by atoms with Gasteiger partial charge in [0.1, 0.15) is 17.0 Å². The molecular weight excluding hydrogens is 256 g/mol. The molecule has 5 nitrogen and oxygen atoms in total. The van der Waals surface area contributed by atoms with Crippen LogP contribution in [0.15, 0.2) is 18.2 Å². The van der Waals surface area contributed by atoms with Crippen molar-refractivity contribution in [1.82, 2.24) is 5.06 Å². The highest BCUT2D eigenvalue weighted by Crippen LogP contribution is 2.33. The van der Waals surface area contributed by atoms with Crippen LogP contribution in [0, 0.1) is 0 Å². The molecule has 1 atom stereocenters. The minimum Gasteiger partial charge on any atom is -0.497 e. The number of nitrogens with zero attached hydrogens (tertiary/aromatic N) is 1. The van der Waals surface area contributed by atoms with Gasteiger partial charge in [0.05, 0.1) is 19.8 Å². The smallest absolute Gasteiger partial charge is 0.259 e. The topological polar surface area (TPSA) is 55.9 Å². The Bertz CT molecular complexity index is 526. The Hall–Kier alpha value is -1.59. The van der Waals surface area contributed by atoms with E-state index in [2.05, 4.69) is 11.9 Å². The fourth-order valence-corrected chi connectivity index (χ4v) is 2.65. The Balaban J connectivity index is 2.44. The van der Waals surface area contributed by atoms with Gasteiger partial charge in [0, 0.05) is 12.5 Å². The van der Waals surface area contributed by atoms with E-state index in [0.29, 0.717) is 5.75 Å². The normalized spacial score (nSPS) is 21.7. The van der Waals surface area contributed by atoms with Gasteiger partial charge in [-0.2, -0.15) is 0 Å². The molecule has 0 saturated carbocycles. The monoisotopic (exact) mass is 279 g/mol. The Kier molecular flexibility index (Phi) is 4.01. The number of methoxy groups -OCH3 is 2. The van der Waals surface area contributed by atoms with Gasteiger partial charge in [0.25, 0.3) is 6.17 Å². The van der Waals surface area contributed by atoms with Gasteiger partial charge in [0.2, 0.25) is 0 Å². The third kappa shape index (κ3) is 2.27. The average Bonchev–Trinajstić information content (AvgIpc) is 2.69. The molecular formula is C15H23N2O3+. The number of hydroxylamine groups is 2. The fourth-order valence-electron chi connectivity index (χ4n) is 2.65. The van der Waals surface area contributed by atoms with Gasteiger partial charge in [-0.25, -0.2) is 4.99 Å². The van der Waals surface area contributed by atoms with Gasteiger partial charge in [-0.15, -0.1) is 5.06 Å². The van der Waals surface area contributed by atoms with Crippen LogP contribution >= 0.6 is 0 Å².